The van der Waals surface area contributed by atoms with Crippen LogP contribution < -0.4 is 16.4 Å². The summed E-state index contributed by atoms with van der Waals surface area (Å²) in [6, 6.07) is 11.3. The van der Waals surface area contributed by atoms with E-state index in [0.717, 1.165) is 0 Å². The first-order chi connectivity index (χ1) is 9.49. The summed E-state index contributed by atoms with van der Waals surface area (Å²) in [7, 11) is 1.78. The van der Waals surface area contributed by atoms with Crippen molar-refractivity contribution in [2.75, 3.05) is 17.7 Å². The lowest BCUT2D eigenvalue weighted by Gasteiger charge is -2.22. The number of nitrogens with zero attached hydrogens (tertiary/aromatic N) is 1. The summed E-state index contributed by atoms with van der Waals surface area (Å²) in [6.45, 7) is 0.346. The number of carbonyl (C=O) groups excluding carboxylic acids is 1. The fourth-order valence-electron chi connectivity index (χ4n) is 1.99. The molecule has 0 aromatic heterocycles. The summed E-state index contributed by atoms with van der Waals surface area (Å²) in [4.78, 5) is 13.0. The predicted octanol–water partition coefficient (Wildman–Crippen LogP) is 2.14. The number of hydrogen-bond donors (Lipinski definition) is 2. The molecular formula is C15H16FN3O. The number of hydrogen-bond acceptors (Lipinski definition) is 3. The number of rotatable bonds is 4. The fourth-order valence-corrected chi connectivity index (χ4v) is 1.99. The molecule has 104 valence electrons. The van der Waals surface area contributed by atoms with E-state index in [0.29, 0.717) is 29.0 Å². The number of halogens is 1. The van der Waals surface area contributed by atoms with Crippen LogP contribution in [-0.4, -0.2) is 13.0 Å². The molecule has 0 aliphatic carbocycles. The molecule has 5 heteroatoms. The Morgan fingerprint density at radius 2 is 1.95 bits per heavy atom. The van der Waals surface area contributed by atoms with Crippen LogP contribution in [0, 0.1) is 5.82 Å². The van der Waals surface area contributed by atoms with Crippen LogP contribution in [-0.2, 0) is 6.54 Å². The molecule has 0 saturated heterocycles. The minimum atomic E-state index is -0.523. The standard InChI is InChI=1S/C15H16FN3O/c1-19(9-11-4-2-3-5-12(11)16)14-8-10(15(18)20)6-7-13(14)17/h2-8H,9,17H2,1H3,(H2,18,20). The molecule has 0 heterocycles. The monoisotopic (exact) mass is 273 g/mol. The Hall–Kier alpha value is -2.56. The van der Waals surface area contributed by atoms with Gasteiger partial charge in [0.1, 0.15) is 5.82 Å². The summed E-state index contributed by atoms with van der Waals surface area (Å²) >= 11 is 0. The third-order valence-electron chi connectivity index (χ3n) is 3.09. The highest BCUT2D eigenvalue weighted by Crippen LogP contribution is 2.25. The second-order valence-electron chi connectivity index (χ2n) is 4.59. The van der Waals surface area contributed by atoms with E-state index >= 15 is 0 Å². The Balaban J connectivity index is 2.29. The molecule has 2 aromatic carbocycles. The van der Waals surface area contributed by atoms with Crippen LogP contribution in [0.5, 0.6) is 0 Å². The first kappa shape index (κ1) is 13.9. The number of carbonyl (C=O) groups is 1. The van der Waals surface area contributed by atoms with Crippen LogP contribution in [0.3, 0.4) is 0 Å². The highest BCUT2D eigenvalue weighted by Gasteiger charge is 2.11. The number of primary amides is 1. The number of amides is 1. The molecule has 20 heavy (non-hydrogen) atoms. The largest absolute Gasteiger partial charge is 0.397 e. The zero-order valence-corrected chi connectivity index (χ0v) is 11.1. The van der Waals surface area contributed by atoms with Crippen molar-refractivity contribution in [2.24, 2.45) is 5.73 Å². The second-order valence-corrected chi connectivity index (χ2v) is 4.59. The smallest absolute Gasteiger partial charge is 0.248 e. The third-order valence-corrected chi connectivity index (χ3v) is 3.09. The van der Waals surface area contributed by atoms with E-state index in [1.807, 2.05) is 0 Å². The van der Waals surface area contributed by atoms with Gasteiger partial charge in [-0.05, 0) is 24.3 Å². The average molecular weight is 273 g/mol. The zero-order chi connectivity index (χ0) is 14.7. The molecule has 0 spiro atoms. The molecule has 0 fully saturated rings. The van der Waals surface area contributed by atoms with Crippen LogP contribution in [0.4, 0.5) is 15.8 Å². The van der Waals surface area contributed by atoms with Crippen molar-refractivity contribution in [3.8, 4) is 0 Å². The maximum absolute atomic E-state index is 13.6. The van der Waals surface area contributed by atoms with Crippen LogP contribution in [0.1, 0.15) is 15.9 Å². The Bertz CT molecular complexity index is 643. The van der Waals surface area contributed by atoms with Gasteiger partial charge >= 0.3 is 0 Å². The number of anilines is 2. The molecule has 2 rings (SSSR count). The molecule has 0 aliphatic rings. The first-order valence-electron chi connectivity index (χ1n) is 6.13. The summed E-state index contributed by atoms with van der Waals surface area (Å²) in [5.74, 6) is -0.797. The quantitative estimate of drug-likeness (QED) is 0.838. The van der Waals surface area contributed by atoms with Crippen molar-refractivity contribution in [3.05, 3.63) is 59.4 Å². The third kappa shape index (κ3) is 2.88. The van der Waals surface area contributed by atoms with Gasteiger partial charge in [0.2, 0.25) is 5.91 Å². The summed E-state index contributed by atoms with van der Waals surface area (Å²) in [6.07, 6.45) is 0. The first-order valence-corrected chi connectivity index (χ1v) is 6.13. The van der Waals surface area contributed by atoms with Gasteiger partial charge in [0.25, 0.3) is 0 Å². The van der Waals surface area contributed by atoms with Crippen molar-refractivity contribution in [1.82, 2.24) is 0 Å². The van der Waals surface area contributed by atoms with Crippen molar-refractivity contribution in [3.63, 3.8) is 0 Å². The van der Waals surface area contributed by atoms with Crippen molar-refractivity contribution in [1.29, 1.82) is 0 Å². The molecule has 1 amide bonds. The van der Waals surface area contributed by atoms with Gasteiger partial charge in [-0.2, -0.15) is 0 Å². The molecule has 0 radical (unpaired) electrons. The van der Waals surface area contributed by atoms with E-state index in [4.69, 9.17) is 11.5 Å². The molecule has 4 nitrogen and oxygen atoms in total. The van der Waals surface area contributed by atoms with E-state index in [2.05, 4.69) is 0 Å². The van der Waals surface area contributed by atoms with Gasteiger partial charge in [-0.25, -0.2) is 4.39 Å². The highest BCUT2D eigenvalue weighted by molar-refractivity contribution is 5.95. The van der Waals surface area contributed by atoms with Crippen LogP contribution in [0.2, 0.25) is 0 Å². The minimum absolute atomic E-state index is 0.274. The van der Waals surface area contributed by atoms with Gasteiger partial charge in [-0.15, -0.1) is 0 Å². The lowest BCUT2D eigenvalue weighted by Crippen LogP contribution is -2.20. The summed E-state index contributed by atoms with van der Waals surface area (Å²) in [5, 5.41) is 0. The van der Waals surface area contributed by atoms with Gasteiger partial charge in [0, 0.05) is 24.7 Å². The molecule has 0 bridgehead atoms. The SMILES string of the molecule is CN(Cc1ccccc1F)c1cc(C(N)=O)ccc1N. The van der Waals surface area contributed by atoms with Crippen LogP contribution in [0.15, 0.2) is 42.5 Å². The average Bonchev–Trinajstić information content (AvgIpc) is 2.41. The Kier molecular flexibility index (Phi) is 3.89. The van der Waals surface area contributed by atoms with E-state index < -0.39 is 5.91 Å². The van der Waals surface area contributed by atoms with Gasteiger partial charge < -0.3 is 16.4 Å². The van der Waals surface area contributed by atoms with E-state index in [1.165, 1.54) is 6.07 Å². The molecular weight excluding hydrogens is 257 g/mol. The molecule has 0 atom stereocenters. The van der Waals surface area contributed by atoms with E-state index in [-0.39, 0.29) is 5.82 Å². The molecule has 2 aromatic rings. The normalized spacial score (nSPS) is 10.3. The minimum Gasteiger partial charge on any atom is -0.397 e. The summed E-state index contributed by atoms with van der Waals surface area (Å²) < 4.78 is 13.6. The second kappa shape index (κ2) is 5.61. The molecule has 0 unspecified atom stereocenters. The van der Waals surface area contributed by atoms with Gasteiger partial charge in [0.15, 0.2) is 0 Å². The topological polar surface area (TPSA) is 72.3 Å². The lowest BCUT2D eigenvalue weighted by molar-refractivity contribution is 0.100. The predicted molar refractivity (Wildman–Crippen MR) is 77.9 cm³/mol. The number of benzene rings is 2. The Morgan fingerprint density at radius 1 is 1.25 bits per heavy atom. The highest BCUT2D eigenvalue weighted by atomic mass is 19.1. The molecule has 0 saturated carbocycles. The van der Waals surface area contributed by atoms with Gasteiger partial charge in [0.05, 0.1) is 11.4 Å². The van der Waals surface area contributed by atoms with Crippen LogP contribution in [0.25, 0.3) is 0 Å². The van der Waals surface area contributed by atoms with Gasteiger partial charge in [-0.1, -0.05) is 18.2 Å². The Morgan fingerprint density at radius 3 is 2.60 bits per heavy atom. The number of nitrogen functional groups attached to an aromatic ring is 1. The Labute approximate surface area is 116 Å². The zero-order valence-electron chi connectivity index (χ0n) is 11.1. The van der Waals surface area contributed by atoms with Crippen LogP contribution >= 0.6 is 0 Å². The molecule has 0 aliphatic heterocycles. The van der Waals surface area contributed by atoms with E-state index in [1.54, 1.807) is 48.3 Å². The van der Waals surface area contributed by atoms with E-state index in [9.17, 15) is 9.18 Å². The maximum atomic E-state index is 13.6. The van der Waals surface area contributed by atoms with Crippen molar-refractivity contribution >= 4 is 17.3 Å². The molecule has 4 N–H and O–H groups in total. The lowest BCUT2D eigenvalue weighted by atomic mass is 10.1. The van der Waals surface area contributed by atoms with Crippen molar-refractivity contribution < 1.29 is 9.18 Å². The number of nitrogens with two attached hydrogens (primary N) is 2. The van der Waals surface area contributed by atoms with Crippen molar-refractivity contribution in [2.45, 2.75) is 6.54 Å². The fraction of sp³-hybridized carbons (Fsp3) is 0.133. The maximum Gasteiger partial charge on any atom is 0.248 e. The summed E-state index contributed by atoms with van der Waals surface area (Å²) in [5.41, 5.74) is 13.2. The van der Waals surface area contributed by atoms with Gasteiger partial charge in [-0.3, -0.25) is 4.79 Å².